The summed E-state index contributed by atoms with van der Waals surface area (Å²) in [7, 11) is 0. The summed E-state index contributed by atoms with van der Waals surface area (Å²) in [4.78, 5) is 25.5. The van der Waals surface area contributed by atoms with Crippen LogP contribution in [-0.4, -0.2) is 44.4 Å². The number of aromatic nitrogens is 3. The normalized spacial score (nSPS) is 16.4. The Labute approximate surface area is 204 Å². The summed E-state index contributed by atoms with van der Waals surface area (Å²) in [5.74, 6) is 0.542. The monoisotopic (exact) mass is 467 g/mol. The fourth-order valence-corrected chi connectivity index (χ4v) is 5.43. The molecule has 0 amide bonds. The minimum Gasteiger partial charge on any atom is -0.422 e. The molecular formula is C28H29N5O2. The van der Waals surface area contributed by atoms with Crippen molar-refractivity contribution in [2.24, 2.45) is 0 Å². The number of fused-ring (bicyclic) bond motifs is 2. The molecule has 0 saturated carbocycles. The van der Waals surface area contributed by atoms with Crippen LogP contribution in [0.4, 0.5) is 11.5 Å². The van der Waals surface area contributed by atoms with Crippen LogP contribution in [-0.2, 0) is 13.0 Å². The van der Waals surface area contributed by atoms with Crippen molar-refractivity contribution in [3.05, 3.63) is 82.4 Å². The fourth-order valence-electron chi connectivity index (χ4n) is 5.43. The van der Waals surface area contributed by atoms with Crippen molar-refractivity contribution < 1.29 is 5.21 Å². The van der Waals surface area contributed by atoms with Gasteiger partial charge < -0.3 is 10.1 Å². The first-order valence-corrected chi connectivity index (χ1v) is 12.5. The van der Waals surface area contributed by atoms with Gasteiger partial charge in [-0.05, 0) is 85.3 Å². The molecule has 6 rings (SSSR count). The molecule has 1 fully saturated rings. The lowest BCUT2D eigenvalue weighted by atomic mass is 9.95. The number of likely N-dealkylation sites (tertiary alicyclic amines) is 1. The van der Waals surface area contributed by atoms with Crippen molar-refractivity contribution in [1.82, 2.24) is 19.6 Å². The lowest BCUT2D eigenvalue weighted by Crippen LogP contribution is -2.30. The Balaban J connectivity index is 1.39. The smallest absolute Gasteiger partial charge is 0.384 e. The molecule has 7 heteroatoms. The summed E-state index contributed by atoms with van der Waals surface area (Å²) in [5.41, 5.74) is 5.46. The van der Waals surface area contributed by atoms with E-state index in [1.807, 2.05) is 6.07 Å². The molecule has 1 saturated heterocycles. The predicted molar refractivity (Wildman–Crippen MR) is 137 cm³/mol. The van der Waals surface area contributed by atoms with E-state index in [9.17, 15) is 10.0 Å². The lowest BCUT2D eigenvalue weighted by molar-refractivity contribution is 0.182. The van der Waals surface area contributed by atoms with Crippen molar-refractivity contribution >= 4 is 22.5 Å². The van der Waals surface area contributed by atoms with Gasteiger partial charge in [0, 0.05) is 25.0 Å². The molecule has 2 aromatic heterocycles. The van der Waals surface area contributed by atoms with Gasteiger partial charge in [-0.15, -0.1) is 4.73 Å². The minimum absolute atomic E-state index is 0.219. The number of aryl methyl sites for hydroxylation is 1. The van der Waals surface area contributed by atoms with Crippen molar-refractivity contribution in [2.75, 3.05) is 24.5 Å². The maximum Gasteiger partial charge on any atom is 0.384 e. The van der Waals surface area contributed by atoms with Gasteiger partial charge in [0.1, 0.15) is 5.82 Å². The number of hydrogen-bond acceptors (Lipinski definition) is 6. The van der Waals surface area contributed by atoms with Gasteiger partial charge >= 0.3 is 5.69 Å². The van der Waals surface area contributed by atoms with Gasteiger partial charge in [0.25, 0.3) is 0 Å². The molecule has 4 aromatic rings. The highest BCUT2D eigenvalue weighted by atomic mass is 16.5. The summed E-state index contributed by atoms with van der Waals surface area (Å²) in [6.45, 7) is 4.10. The van der Waals surface area contributed by atoms with Crippen LogP contribution in [0.25, 0.3) is 22.2 Å². The number of anilines is 2. The van der Waals surface area contributed by atoms with Gasteiger partial charge in [0.2, 0.25) is 0 Å². The summed E-state index contributed by atoms with van der Waals surface area (Å²) in [5, 5.41) is 10.8. The molecular weight excluding hydrogens is 438 g/mol. The molecule has 0 bridgehead atoms. The zero-order valence-electron chi connectivity index (χ0n) is 19.7. The van der Waals surface area contributed by atoms with Crippen molar-refractivity contribution in [1.29, 1.82) is 0 Å². The van der Waals surface area contributed by atoms with Crippen LogP contribution in [0.2, 0.25) is 0 Å². The average Bonchev–Trinajstić information content (AvgIpc) is 2.91. The molecule has 0 radical (unpaired) electrons. The van der Waals surface area contributed by atoms with E-state index in [0.29, 0.717) is 15.9 Å². The highest BCUT2D eigenvalue weighted by Gasteiger charge is 2.24. The maximum absolute atomic E-state index is 12.4. The minimum atomic E-state index is -0.722. The number of pyridine rings is 1. The van der Waals surface area contributed by atoms with Crippen LogP contribution >= 0.6 is 0 Å². The second-order valence-electron chi connectivity index (χ2n) is 9.54. The Morgan fingerprint density at radius 2 is 1.74 bits per heavy atom. The number of nitrogens with zero attached hydrogens (tertiary/aromatic N) is 5. The van der Waals surface area contributed by atoms with E-state index >= 15 is 0 Å². The number of piperidine rings is 1. The highest BCUT2D eigenvalue weighted by Crippen LogP contribution is 2.37. The molecule has 2 aliphatic heterocycles. The van der Waals surface area contributed by atoms with Crippen molar-refractivity contribution in [3.63, 3.8) is 0 Å². The first-order chi connectivity index (χ1) is 17.2. The maximum atomic E-state index is 12.4. The predicted octanol–water partition coefficient (Wildman–Crippen LogP) is 4.77. The van der Waals surface area contributed by atoms with Crippen molar-refractivity contribution in [2.45, 2.75) is 38.6 Å². The van der Waals surface area contributed by atoms with Crippen LogP contribution in [0.3, 0.4) is 0 Å². The van der Waals surface area contributed by atoms with E-state index in [0.717, 1.165) is 37.2 Å². The molecule has 7 nitrogen and oxygen atoms in total. The molecule has 0 aliphatic carbocycles. The van der Waals surface area contributed by atoms with Gasteiger partial charge in [-0.2, -0.15) is 4.98 Å². The lowest BCUT2D eigenvalue weighted by Gasteiger charge is -2.31. The Kier molecular flexibility index (Phi) is 5.70. The molecule has 178 valence electrons. The van der Waals surface area contributed by atoms with E-state index in [2.05, 4.69) is 62.2 Å². The Hall–Kier alpha value is -3.71. The Bertz CT molecular complexity index is 1440. The average molecular weight is 468 g/mol. The van der Waals surface area contributed by atoms with Gasteiger partial charge in [-0.25, -0.2) is 9.78 Å². The standard InChI is InChI=1S/C28H29N5O2/c34-28-30-27(24-10-5-13-29-26(24)33(28)35)32-16-6-9-21-11-12-23(18-25(21)32)22-8-4-7-20(17-22)19-31-14-2-1-3-15-31/h4-5,7-8,10-13,17-18,35H,1-3,6,9,14-16,19H2. The largest absolute Gasteiger partial charge is 0.422 e. The zero-order valence-corrected chi connectivity index (χ0v) is 19.7. The molecule has 2 aliphatic rings. The van der Waals surface area contributed by atoms with Gasteiger partial charge in [-0.3, -0.25) is 4.90 Å². The third-order valence-corrected chi connectivity index (χ3v) is 7.19. The number of rotatable bonds is 4. The molecule has 4 heterocycles. The zero-order chi connectivity index (χ0) is 23.8. The van der Waals surface area contributed by atoms with E-state index in [4.69, 9.17) is 0 Å². The van der Waals surface area contributed by atoms with Gasteiger partial charge in [-0.1, -0.05) is 36.8 Å². The summed E-state index contributed by atoms with van der Waals surface area (Å²) in [6, 6.07) is 19.1. The van der Waals surface area contributed by atoms with Crippen LogP contribution < -0.4 is 10.6 Å². The van der Waals surface area contributed by atoms with E-state index in [-0.39, 0.29) is 5.65 Å². The Morgan fingerprint density at radius 3 is 2.63 bits per heavy atom. The highest BCUT2D eigenvalue weighted by molar-refractivity contribution is 5.90. The summed E-state index contributed by atoms with van der Waals surface area (Å²) in [6.07, 6.45) is 7.43. The second-order valence-corrected chi connectivity index (χ2v) is 9.54. The van der Waals surface area contributed by atoms with Crippen LogP contribution in [0.15, 0.2) is 65.6 Å². The molecule has 0 atom stereocenters. The van der Waals surface area contributed by atoms with Crippen LogP contribution in [0.1, 0.15) is 36.8 Å². The number of hydrogen-bond donors (Lipinski definition) is 1. The molecule has 1 N–H and O–H groups in total. The Morgan fingerprint density at radius 1 is 0.886 bits per heavy atom. The fraction of sp³-hybridized carbons (Fsp3) is 0.321. The van der Waals surface area contributed by atoms with Gasteiger partial charge in [0.15, 0.2) is 5.65 Å². The van der Waals surface area contributed by atoms with Crippen LogP contribution in [0.5, 0.6) is 0 Å². The quantitative estimate of drug-likeness (QED) is 0.436. The van der Waals surface area contributed by atoms with Gasteiger partial charge in [0.05, 0.1) is 5.39 Å². The number of benzene rings is 2. The summed E-state index contributed by atoms with van der Waals surface area (Å²) >= 11 is 0. The first kappa shape index (κ1) is 21.8. The summed E-state index contributed by atoms with van der Waals surface area (Å²) < 4.78 is 0.522. The molecule has 0 unspecified atom stereocenters. The molecule has 2 aromatic carbocycles. The van der Waals surface area contributed by atoms with Crippen molar-refractivity contribution in [3.8, 4) is 11.1 Å². The van der Waals surface area contributed by atoms with Crippen LogP contribution in [0, 0.1) is 0 Å². The van der Waals surface area contributed by atoms with E-state index in [1.54, 1.807) is 12.3 Å². The SMILES string of the molecule is O=c1nc(N2CCCc3ccc(-c4cccc(CN5CCCCC5)c4)cc32)c2cccnc2n1O. The third kappa shape index (κ3) is 4.17. The molecule has 35 heavy (non-hydrogen) atoms. The topological polar surface area (TPSA) is 74.5 Å². The van der Waals surface area contributed by atoms with E-state index in [1.165, 1.54) is 49.0 Å². The third-order valence-electron chi connectivity index (χ3n) is 7.19. The molecule has 0 spiro atoms. The first-order valence-electron chi connectivity index (χ1n) is 12.5. The van der Waals surface area contributed by atoms with E-state index < -0.39 is 5.69 Å². The second kappa shape index (κ2) is 9.15.